The van der Waals surface area contributed by atoms with Gasteiger partial charge in [0.05, 0.1) is 12.2 Å². The Hall–Kier alpha value is -0.0800. The third-order valence-corrected chi connectivity index (χ3v) is 4.50. The molecule has 2 aliphatic heterocycles. The molecular weight excluding hydrogens is 186 g/mol. The standard InChI is InChI=1S/C13H23NO/c1-2-4-10(5-3-1)9-14-12-8-11-6-7-13(12)15-11/h10-14H,1-9H2. The van der Waals surface area contributed by atoms with Gasteiger partial charge in [-0.25, -0.2) is 0 Å². The van der Waals surface area contributed by atoms with Gasteiger partial charge in [-0.1, -0.05) is 19.3 Å². The Morgan fingerprint density at radius 3 is 2.53 bits per heavy atom. The summed E-state index contributed by atoms with van der Waals surface area (Å²) in [6, 6.07) is 0.686. The molecule has 86 valence electrons. The summed E-state index contributed by atoms with van der Waals surface area (Å²) >= 11 is 0. The largest absolute Gasteiger partial charge is 0.373 e. The maximum absolute atomic E-state index is 5.86. The molecule has 3 atom stereocenters. The zero-order valence-corrected chi connectivity index (χ0v) is 9.58. The molecule has 2 bridgehead atoms. The van der Waals surface area contributed by atoms with E-state index in [1.807, 2.05) is 0 Å². The van der Waals surface area contributed by atoms with Crippen molar-refractivity contribution in [2.45, 2.75) is 69.6 Å². The second kappa shape index (κ2) is 4.42. The molecule has 1 N–H and O–H groups in total. The monoisotopic (exact) mass is 209 g/mol. The van der Waals surface area contributed by atoms with Crippen molar-refractivity contribution in [3.8, 4) is 0 Å². The van der Waals surface area contributed by atoms with Crippen molar-refractivity contribution in [3.05, 3.63) is 0 Å². The minimum absolute atomic E-state index is 0.554. The van der Waals surface area contributed by atoms with Gasteiger partial charge in [0, 0.05) is 6.04 Å². The number of rotatable bonds is 3. The van der Waals surface area contributed by atoms with E-state index in [-0.39, 0.29) is 0 Å². The zero-order valence-electron chi connectivity index (χ0n) is 9.58. The Morgan fingerprint density at radius 2 is 1.87 bits per heavy atom. The van der Waals surface area contributed by atoms with Crippen LogP contribution in [0.25, 0.3) is 0 Å². The number of hydrogen-bond donors (Lipinski definition) is 1. The lowest BCUT2D eigenvalue weighted by atomic mass is 9.88. The summed E-state index contributed by atoms with van der Waals surface area (Å²) in [6.07, 6.45) is 12.3. The quantitative estimate of drug-likeness (QED) is 0.771. The third-order valence-electron chi connectivity index (χ3n) is 4.50. The highest BCUT2D eigenvalue weighted by molar-refractivity contribution is 4.94. The van der Waals surface area contributed by atoms with Gasteiger partial charge in [-0.05, 0) is 44.6 Å². The van der Waals surface area contributed by atoms with Crippen molar-refractivity contribution in [1.29, 1.82) is 0 Å². The fourth-order valence-electron chi connectivity index (χ4n) is 3.56. The number of ether oxygens (including phenoxy) is 1. The molecule has 15 heavy (non-hydrogen) atoms. The lowest BCUT2D eigenvalue weighted by Crippen LogP contribution is -2.40. The van der Waals surface area contributed by atoms with Gasteiger partial charge in [0.25, 0.3) is 0 Å². The minimum Gasteiger partial charge on any atom is -0.373 e. The molecule has 2 saturated heterocycles. The van der Waals surface area contributed by atoms with Crippen LogP contribution in [-0.2, 0) is 4.74 Å². The van der Waals surface area contributed by atoms with Gasteiger partial charge in [-0.15, -0.1) is 0 Å². The van der Waals surface area contributed by atoms with E-state index in [9.17, 15) is 0 Å². The molecule has 0 radical (unpaired) electrons. The van der Waals surface area contributed by atoms with E-state index in [2.05, 4.69) is 5.32 Å². The van der Waals surface area contributed by atoms with E-state index in [0.29, 0.717) is 18.2 Å². The highest BCUT2D eigenvalue weighted by Crippen LogP contribution is 2.34. The average Bonchev–Trinajstić information content (AvgIpc) is 2.89. The molecule has 0 aromatic heterocycles. The van der Waals surface area contributed by atoms with E-state index >= 15 is 0 Å². The van der Waals surface area contributed by atoms with E-state index in [4.69, 9.17) is 4.74 Å². The number of nitrogens with one attached hydrogen (secondary N) is 1. The van der Waals surface area contributed by atoms with E-state index in [0.717, 1.165) is 5.92 Å². The molecule has 3 rings (SSSR count). The first kappa shape index (κ1) is 10.1. The molecular formula is C13H23NO. The van der Waals surface area contributed by atoms with Gasteiger partial charge in [0.2, 0.25) is 0 Å². The van der Waals surface area contributed by atoms with Crippen LogP contribution in [0.1, 0.15) is 51.4 Å². The molecule has 2 heterocycles. The van der Waals surface area contributed by atoms with Crippen LogP contribution in [0, 0.1) is 5.92 Å². The van der Waals surface area contributed by atoms with Crippen LogP contribution in [0.2, 0.25) is 0 Å². The lowest BCUT2D eigenvalue weighted by molar-refractivity contribution is 0.0966. The molecule has 0 aromatic carbocycles. The maximum atomic E-state index is 5.86. The summed E-state index contributed by atoms with van der Waals surface area (Å²) in [5.74, 6) is 0.956. The van der Waals surface area contributed by atoms with Crippen molar-refractivity contribution >= 4 is 0 Å². The third kappa shape index (κ3) is 2.21. The first-order valence-electron chi connectivity index (χ1n) is 6.80. The molecule has 1 saturated carbocycles. The molecule has 0 spiro atoms. The molecule has 3 aliphatic rings. The van der Waals surface area contributed by atoms with Crippen LogP contribution in [-0.4, -0.2) is 24.8 Å². The molecule has 2 nitrogen and oxygen atoms in total. The normalized spacial score (nSPS) is 41.2. The zero-order chi connectivity index (χ0) is 10.1. The first-order chi connectivity index (χ1) is 7.42. The summed E-state index contributed by atoms with van der Waals surface area (Å²) in [5, 5.41) is 3.76. The Balaban J connectivity index is 1.42. The lowest BCUT2D eigenvalue weighted by Gasteiger charge is -2.26. The van der Waals surface area contributed by atoms with Crippen molar-refractivity contribution < 1.29 is 4.74 Å². The van der Waals surface area contributed by atoms with Crippen LogP contribution < -0.4 is 5.32 Å². The summed E-state index contributed by atoms with van der Waals surface area (Å²) in [6.45, 7) is 1.25. The Labute approximate surface area is 92.8 Å². The fraction of sp³-hybridized carbons (Fsp3) is 1.00. The molecule has 0 amide bonds. The van der Waals surface area contributed by atoms with Crippen LogP contribution in [0.4, 0.5) is 0 Å². The van der Waals surface area contributed by atoms with Gasteiger partial charge in [-0.2, -0.15) is 0 Å². The van der Waals surface area contributed by atoms with E-state index in [1.54, 1.807) is 0 Å². The molecule has 3 fully saturated rings. The Bertz CT molecular complexity index is 213. The van der Waals surface area contributed by atoms with E-state index < -0.39 is 0 Å². The predicted molar refractivity (Wildman–Crippen MR) is 60.9 cm³/mol. The summed E-state index contributed by atoms with van der Waals surface area (Å²) in [7, 11) is 0. The van der Waals surface area contributed by atoms with Gasteiger partial charge >= 0.3 is 0 Å². The van der Waals surface area contributed by atoms with Crippen LogP contribution in [0.15, 0.2) is 0 Å². The number of fused-ring (bicyclic) bond motifs is 2. The van der Waals surface area contributed by atoms with E-state index in [1.165, 1.54) is 57.9 Å². The highest BCUT2D eigenvalue weighted by atomic mass is 16.5. The smallest absolute Gasteiger partial charge is 0.0733 e. The van der Waals surface area contributed by atoms with Crippen molar-refractivity contribution in [2.75, 3.05) is 6.54 Å². The highest BCUT2D eigenvalue weighted by Gasteiger charge is 2.40. The first-order valence-corrected chi connectivity index (χ1v) is 6.80. The SMILES string of the molecule is C1CCC(CNC2CC3CCC2O3)CC1. The van der Waals surface area contributed by atoms with Crippen molar-refractivity contribution in [2.24, 2.45) is 5.92 Å². The van der Waals surface area contributed by atoms with Gasteiger partial charge in [0.15, 0.2) is 0 Å². The van der Waals surface area contributed by atoms with Gasteiger partial charge in [0.1, 0.15) is 0 Å². The predicted octanol–water partition coefficient (Wildman–Crippen LogP) is 2.48. The van der Waals surface area contributed by atoms with Crippen LogP contribution >= 0.6 is 0 Å². The molecule has 3 unspecified atom stereocenters. The second-order valence-electron chi connectivity index (χ2n) is 5.63. The molecule has 2 heteroatoms. The van der Waals surface area contributed by atoms with Gasteiger partial charge in [-0.3, -0.25) is 0 Å². The molecule has 1 aliphatic carbocycles. The average molecular weight is 209 g/mol. The van der Waals surface area contributed by atoms with Crippen LogP contribution in [0.3, 0.4) is 0 Å². The Morgan fingerprint density at radius 1 is 1.00 bits per heavy atom. The minimum atomic E-state index is 0.554. The van der Waals surface area contributed by atoms with Gasteiger partial charge < -0.3 is 10.1 Å². The maximum Gasteiger partial charge on any atom is 0.0733 e. The molecule has 0 aromatic rings. The summed E-state index contributed by atoms with van der Waals surface area (Å²) in [5.41, 5.74) is 0. The van der Waals surface area contributed by atoms with Crippen molar-refractivity contribution in [3.63, 3.8) is 0 Å². The summed E-state index contributed by atoms with van der Waals surface area (Å²) in [4.78, 5) is 0. The number of hydrogen-bond acceptors (Lipinski definition) is 2. The topological polar surface area (TPSA) is 21.3 Å². The fourth-order valence-corrected chi connectivity index (χ4v) is 3.56. The Kier molecular flexibility index (Phi) is 2.98. The summed E-state index contributed by atoms with van der Waals surface area (Å²) < 4.78 is 5.86. The second-order valence-corrected chi connectivity index (χ2v) is 5.63. The van der Waals surface area contributed by atoms with Crippen LogP contribution in [0.5, 0.6) is 0 Å². The van der Waals surface area contributed by atoms with Crippen molar-refractivity contribution in [1.82, 2.24) is 5.32 Å².